The Bertz CT molecular complexity index is 534. The number of nitrogens with two attached hydrogens (primary N) is 1. The monoisotopic (exact) mass is 418 g/mol. The number of halogens is 1. The van der Waals surface area contributed by atoms with E-state index in [4.69, 9.17) is 10.5 Å². The van der Waals surface area contributed by atoms with Crippen LogP contribution in [-0.4, -0.2) is 37.6 Å². The van der Waals surface area contributed by atoms with Crippen molar-refractivity contribution in [1.82, 2.24) is 5.32 Å². The maximum absolute atomic E-state index is 12.0. The molecular weight excluding hydrogens is 395 g/mol. The fourth-order valence-electron chi connectivity index (χ4n) is 2.17. The highest BCUT2D eigenvalue weighted by molar-refractivity contribution is 14.0. The molecule has 0 saturated carbocycles. The number of ether oxygens (including phenoxy) is 1. The van der Waals surface area contributed by atoms with Crippen LogP contribution in [0, 0.1) is 0 Å². The van der Waals surface area contributed by atoms with Gasteiger partial charge in [0.1, 0.15) is 5.75 Å². The molecule has 1 aliphatic heterocycles. The van der Waals surface area contributed by atoms with E-state index >= 15 is 0 Å². The van der Waals surface area contributed by atoms with Crippen molar-refractivity contribution in [3.8, 4) is 5.75 Å². The first kappa shape index (κ1) is 18.5. The first-order valence-electron chi connectivity index (χ1n) is 7.16. The summed E-state index contributed by atoms with van der Waals surface area (Å²) in [7, 11) is 0. The maximum Gasteiger partial charge on any atom is 0.265 e. The summed E-state index contributed by atoms with van der Waals surface area (Å²) < 4.78 is 5.41. The molecule has 0 radical (unpaired) electrons. The molecule has 0 unspecified atom stereocenters. The molecular formula is C15H23IN4O2. The molecule has 2 rings (SSSR count). The Hall–Kier alpha value is -1.51. The Morgan fingerprint density at radius 1 is 1.45 bits per heavy atom. The summed E-state index contributed by atoms with van der Waals surface area (Å²) in [5, 5.41) is 3.03. The first-order valence-corrected chi connectivity index (χ1v) is 7.16. The molecule has 3 N–H and O–H groups in total. The van der Waals surface area contributed by atoms with E-state index in [1.54, 1.807) is 4.90 Å². The average molecular weight is 418 g/mol. The largest absolute Gasteiger partial charge is 0.482 e. The minimum absolute atomic E-state index is 0. The van der Waals surface area contributed by atoms with E-state index in [1.807, 2.05) is 38.1 Å². The number of para-hydroxylation sites is 2. The fourth-order valence-corrected chi connectivity index (χ4v) is 2.17. The van der Waals surface area contributed by atoms with E-state index < -0.39 is 0 Å². The number of fused-ring (bicyclic) bond motifs is 1. The number of hydrogen-bond acceptors (Lipinski definition) is 3. The van der Waals surface area contributed by atoms with Crippen LogP contribution in [0.15, 0.2) is 29.3 Å². The number of rotatable bonds is 5. The summed E-state index contributed by atoms with van der Waals surface area (Å²) in [5.41, 5.74) is 6.56. The molecule has 122 valence electrons. The van der Waals surface area contributed by atoms with E-state index in [0.717, 1.165) is 17.9 Å². The van der Waals surface area contributed by atoms with Gasteiger partial charge in [0.15, 0.2) is 12.6 Å². The summed E-state index contributed by atoms with van der Waals surface area (Å²) in [6.07, 6.45) is 0.751. The first-order chi connectivity index (χ1) is 10.1. The molecule has 0 spiro atoms. The third-order valence-corrected chi connectivity index (χ3v) is 3.07. The Morgan fingerprint density at radius 2 is 2.18 bits per heavy atom. The summed E-state index contributed by atoms with van der Waals surface area (Å²) in [4.78, 5) is 18.0. The standard InChI is InChI=1S/C15H22N4O2.HI/c1-11(2)18-15(16)17-8-5-9-19-12-6-3-4-7-13(12)21-10-14(19)20;/h3-4,6-7,11H,5,8-10H2,1-2H3,(H3,16,17,18);1H. The summed E-state index contributed by atoms with van der Waals surface area (Å²) in [5.74, 6) is 1.17. The second-order valence-corrected chi connectivity index (χ2v) is 5.22. The lowest BCUT2D eigenvalue weighted by Gasteiger charge is -2.29. The molecule has 7 heteroatoms. The van der Waals surface area contributed by atoms with Crippen molar-refractivity contribution in [3.63, 3.8) is 0 Å². The fraction of sp³-hybridized carbons (Fsp3) is 0.467. The van der Waals surface area contributed by atoms with Gasteiger partial charge in [-0.05, 0) is 32.4 Å². The van der Waals surface area contributed by atoms with Gasteiger partial charge in [-0.15, -0.1) is 24.0 Å². The molecule has 1 aromatic carbocycles. The Balaban J connectivity index is 0.00000242. The number of benzene rings is 1. The Labute approximate surface area is 148 Å². The molecule has 6 nitrogen and oxygen atoms in total. The molecule has 0 aliphatic carbocycles. The van der Waals surface area contributed by atoms with E-state index in [2.05, 4.69) is 10.3 Å². The van der Waals surface area contributed by atoms with Crippen LogP contribution in [0.25, 0.3) is 0 Å². The van der Waals surface area contributed by atoms with Gasteiger partial charge in [-0.1, -0.05) is 12.1 Å². The average Bonchev–Trinajstić information content (AvgIpc) is 2.44. The zero-order valence-electron chi connectivity index (χ0n) is 12.9. The zero-order valence-corrected chi connectivity index (χ0v) is 15.2. The molecule has 0 bridgehead atoms. The second-order valence-electron chi connectivity index (χ2n) is 5.22. The maximum atomic E-state index is 12.0. The van der Waals surface area contributed by atoms with Crippen molar-refractivity contribution >= 4 is 41.5 Å². The number of hydrogen-bond donors (Lipinski definition) is 2. The normalized spacial score (nSPS) is 14.2. The van der Waals surface area contributed by atoms with Crippen LogP contribution in [-0.2, 0) is 4.79 Å². The molecule has 0 fully saturated rings. The molecule has 1 amide bonds. The summed E-state index contributed by atoms with van der Waals surface area (Å²) in [6.45, 7) is 5.30. The van der Waals surface area contributed by atoms with Crippen molar-refractivity contribution in [2.75, 3.05) is 24.6 Å². The van der Waals surface area contributed by atoms with Crippen LogP contribution in [0.5, 0.6) is 5.75 Å². The third-order valence-electron chi connectivity index (χ3n) is 3.07. The quantitative estimate of drug-likeness (QED) is 0.331. The smallest absolute Gasteiger partial charge is 0.265 e. The van der Waals surface area contributed by atoms with Crippen LogP contribution in [0.4, 0.5) is 5.69 Å². The lowest BCUT2D eigenvalue weighted by atomic mass is 10.2. The molecule has 0 saturated heterocycles. The zero-order chi connectivity index (χ0) is 15.2. The Kier molecular flexibility index (Phi) is 7.43. The van der Waals surface area contributed by atoms with E-state index in [0.29, 0.717) is 19.0 Å². The van der Waals surface area contributed by atoms with Gasteiger partial charge in [0, 0.05) is 19.1 Å². The number of anilines is 1. The third kappa shape index (κ3) is 5.04. The van der Waals surface area contributed by atoms with Gasteiger partial charge < -0.3 is 20.7 Å². The Morgan fingerprint density at radius 3 is 2.91 bits per heavy atom. The minimum atomic E-state index is -0.0223. The van der Waals surface area contributed by atoms with Gasteiger partial charge in [0.2, 0.25) is 0 Å². The van der Waals surface area contributed by atoms with Crippen LogP contribution in [0.1, 0.15) is 20.3 Å². The number of carbonyl (C=O) groups excluding carboxylic acids is 1. The van der Waals surface area contributed by atoms with Crippen molar-refractivity contribution in [2.24, 2.45) is 10.7 Å². The number of aliphatic imine (C=N–C) groups is 1. The van der Waals surface area contributed by atoms with Crippen molar-refractivity contribution in [3.05, 3.63) is 24.3 Å². The van der Waals surface area contributed by atoms with Gasteiger partial charge >= 0.3 is 0 Å². The second kappa shape index (κ2) is 8.82. The molecule has 0 aromatic heterocycles. The number of carbonyl (C=O) groups is 1. The topological polar surface area (TPSA) is 80.0 Å². The van der Waals surface area contributed by atoms with Crippen LogP contribution in [0.3, 0.4) is 0 Å². The van der Waals surface area contributed by atoms with Crippen molar-refractivity contribution in [2.45, 2.75) is 26.3 Å². The van der Waals surface area contributed by atoms with Crippen LogP contribution in [0.2, 0.25) is 0 Å². The van der Waals surface area contributed by atoms with Crippen molar-refractivity contribution in [1.29, 1.82) is 0 Å². The molecule has 1 heterocycles. The van der Waals surface area contributed by atoms with Crippen LogP contribution < -0.4 is 20.7 Å². The molecule has 1 aromatic rings. The number of nitrogens with zero attached hydrogens (tertiary/aromatic N) is 2. The minimum Gasteiger partial charge on any atom is -0.482 e. The van der Waals surface area contributed by atoms with E-state index in [9.17, 15) is 4.79 Å². The molecule has 1 aliphatic rings. The van der Waals surface area contributed by atoms with Gasteiger partial charge in [-0.3, -0.25) is 9.79 Å². The predicted molar refractivity (Wildman–Crippen MR) is 99.1 cm³/mol. The highest BCUT2D eigenvalue weighted by atomic mass is 127. The number of amides is 1. The van der Waals surface area contributed by atoms with E-state index in [1.165, 1.54) is 0 Å². The summed E-state index contributed by atoms with van der Waals surface area (Å²) >= 11 is 0. The van der Waals surface area contributed by atoms with Crippen LogP contribution >= 0.6 is 24.0 Å². The van der Waals surface area contributed by atoms with Gasteiger partial charge in [-0.25, -0.2) is 0 Å². The van der Waals surface area contributed by atoms with Gasteiger partial charge in [-0.2, -0.15) is 0 Å². The number of nitrogens with one attached hydrogen (secondary N) is 1. The molecule has 22 heavy (non-hydrogen) atoms. The lowest BCUT2D eigenvalue weighted by molar-refractivity contribution is -0.121. The summed E-state index contributed by atoms with van der Waals surface area (Å²) in [6, 6.07) is 7.83. The SMILES string of the molecule is CC(C)NC(N)=NCCCN1C(=O)COc2ccccc21.I. The van der Waals surface area contributed by atoms with Crippen molar-refractivity contribution < 1.29 is 9.53 Å². The lowest BCUT2D eigenvalue weighted by Crippen LogP contribution is -2.40. The highest BCUT2D eigenvalue weighted by Crippen LogP contribution is 2.31. The number of guanidine groups is 1. The van der Waals surface area contributed by atoms with Gasteiger partial charge in [0.25, 0.3) is 5.91 Å². The van der Waals surface area contributed by atoms with E-state index in [-0.39, 0.29) is 42.5 Å². The van der Waals surface area contributed by atoms with Gasteiger partial charge in [0.05, 0.1) is 5.69 Å². The molecule has 0 atom stereocenters. The highest BCUT2D eigenvalue weighted by Gasteiger charge is 2.24. The predicted octanol–water partition coefficient (Wildman–Crippen LogP) is 1.73.